The van der Waals surface area contributed by atoms with E-state index in [0.29, 0.717) is 29.1 Å². The predicted molar refractivity (Wildman–Crippen MR) is 114 cm³/mol. The summed E-state index contributed by atoms with van der Waals surface area (Å²) in [6.07, 6.45) is 12.2. The number of benzene rings is 1. The lowest BCUT2D eigenvalue weighted by molar-refractivity contribution is 0.0951. The van der Waals surface area contributed by atoms with Gasteiger partial charge in [0.15, 0.2) is 5.76 Å². The van der Waals surface area contributed by atoms with Gasteiger partial charge in [0.25, 0.3) is 5.91 Å². The Hall–Kier alpha value is -4.06. The minimum absolute atomic E-state index is 0.174. The van der Waals surface area contributed by atoms with Gasteiger partial charge in [-0.1, -0.05) is 24.3 Å². The summed E-state index contributed by atoms with van der Waals surface area (Å²) in [6, 6.07) is 12.8. The monoisotopic (exact) mass is 394 g/mol. The molecule has 6 nitrogen and oxygen atoms in total. The Bertz CT molecular complexity index is 1280. The molecule has 3 heterocycles. The van der Waals surface area contributed by atoms with E-state index in [-0.39, 0.29) is 5.91 Å². The minimum atomic E-state index is -0.174. The second-order valence-electron chi connectivity index (χ2n) is 6.94. The lowest BCUT2D eigenvalue weighted by Crippen LogP contribution is -2.22. The number of carbonyl (C=O) groups is 1. The van der Waals surface area contributed by atoms with Gasteiger partial charge >= 0.3 is 0 Å². The fraction of sp³-hybridized carbons (Fsp3) is 0.0833. The number of aromatic nitrogens is 3. The Morgan fingerprint density at radius 1 is 1.07 bits per heavy atom. The highest BCUT2D eigenvalue weighted by Crippen LogP contribution is 2.31. The molecule has 1 aliphatic carbocycles. The largest absolute Gasteiger partial charge is 0.463 e. The van der Waals surface area contributed by atoms with Gasteiger partial charge in [0.2, 0.25) is 0 Å². The molecule has 4 aromatic rings. The van der Waals surface area contributed by atoms with Crippen molar-refractivity contribution < 1.29 is 9.21 Å². The van der Waals surface area contributed by atoms with Crippen LogP contribution in [-0.2, 0) is 6.54 Å². The molecule has 0 radical (unpaired) electrons. The number of furan rings is 1. The fourth-order valence-corrected chi connectivity index (χ4v) is 3.40. The molecule has 0 aliphatic heterocycles. The van der Waals surface area contributed by atoms with Gasteiger partial charge in [0, 0.05) is 24.5 Å². The van der Waals surface area contributed by atoms with E-state index in [1.165, 1.54) is 0 Å². The van der Waals surface area contributed by atoms with Crippen molar-refractivity contribution in [3.05, 3.63) is 96.2 Å². The first-order valence-corrected chi connectivity index (χ1v) is 9.68. The zero-order chi connectivity index (χ0) is 20.3. The quantitative estimate of drug-likeness (QED) is 0.537. The summed E-state index contributed by atoms with van der Waals surface area (Å²) in [5.74, 6) is 0.472. The Morgan fingerprint density at radius 2 is 2.00 bits per heavy atom. The van der Waals surface area contributed by atoms with E-state index in [4.69, 9.17) is 14.4 Å². The zero-order valence-corrected chi connectivity index (χ0v) is 16.1. The molecule has 1 aliphatic rings. The van der Waals surface area contributed by atoms with Gasteiger partial charge in [-0.15, -0.1) is 0 Å². The Kier molecular flexibility index (Phi) is 4.65. The van der Waals surface area contributed by atoms with Crippen LogP contribution in [0.2, 0.25) is 0 Å². The van der Waals surface area contributed by atoms with Gasteiger partial charge in [-0.25, -0.2) is 9.97 Å². The second-order valence-corrected chi connectivity index (χ2v) is 6.94. The summed E-state index contributed by atoms with van der Waals surface area (Å²) in [5.41, 5.74) is 5.30. The summed E-state index contributed by atoms with van der Waals surface area (Å²) >= 11 is 0. The topological polar surface area (TPSA) is 80.9 Å². The van der Waals surface area contributed by atoms with Crippen LogP contribution in [0.5, 0.6) is 0 Å². The van der Waals surface area contributed by atoms with E-state index >= 15 is 0 Å². The molecule has 0 saturated heterocycles. The fourth-order valence-electron chi connectivity index (χ4n) is 3.40. The number of rotatable bonds is 5. The maximum Gasteiger partial charge on any atom is 0.251 e. The molecule has 1 N–H and O–H groups in total. The number of fused-ring (bicyclic) bond motifs is 1. The van der Waals surface area contributed by atoms with Crippen LogP contribution in [0, 0.1) is 0 Å². The summed E-state index contributed by atoms with van der Waals surface area (Å²) in [4.78, 5) is 26.3. The first-order valence-electron chi connectivity index (χ1n) is 9.68. The SMILES string of the molecule is O=C(NCc1cccnc1)c1ccc2nc(C3=CCC=C3)c(-c3ccco3)nc2c1. The Labute approximate surface area is 173 Å². The van der Waals surface area contributed by atoms with Crippen LogP contribution in [-0.4, -0.2) is 20.9 Å². The van der Waals surface area contributed by atoms with Crippen molar-refractivity contribution in [2.24, 2.45) is 0 Å². The highest BCUT2D eigenvalue weighted by Gasteiger charge is 2.18. The van der Waals surface area contributed by atoms with Crippen molar-refractivity contribution in [3.8, 4) is 11.5 Å². The highest BCUT2D eigenvalue weighted by atomic mass is 16.3. The first-order chi connectivity index (χ1) is 14.8. The zero-order valence-electron chi connectivity index (χ0n) is 16.1. The molecule has 30 heavy (non-hydrogen) atoms. The Morgan fingerprint density at radius 3 is 2.77 bits per heavy atom. The lowest BCUT2D eigenvalue weighted by Gasteiger charge is -2.10. The van der Waals surface area contributed by atoms with Gasteiger partial charge in [-0.2, -0.15) is 0 Å². The number of nitrogens with one attached hydrogen (secondary N) is 1. The summed E-state index contributed by atoms with van der Waals surface area (Å²) in [6.45, 7) is 0.410. The molecule has 0 unspecified atom stereocenters. The molecule has 6 heteroatoms. The van der Waals surface area contributed by atoms with Gasteiger partial charge in [0.05, 0.1) is 17.3 Å². The molecule has 0 atom stereocenters. The van der Waals surface area contributed by atoms with E-state index in [2.05, 4.69) is 22.5 Å². The van der Waals surface area contributed by atoms with Gasteiger partial charge < -0.3 is 9.73 Å². The van der Waals surface area contributed by atoms with Crippen molar-refractivity contribution in [3.63, 3.8) is 0 Å². The van der Waals surface area contributed by atoms with E-state index in [9.17, 15) is 4.79 Å². The first kappa shape index (κ1) is 18.0. The average Bonchev–Trinajstić information content (AvgIpc) is 3.51. The molecule has 146 valence electrons. The van der Waals surface area contributed by atoms with Crippen molar-refractivity contribution >= 4 is 22.5 Å². The molecular weight excluding hydrogens is 376 g/mol. The van der Waals surface area contributed by atoms with E-state index in [1.807, 2.05) is 36.4 Å². The molecular formula is C24H18N4O2. The maximum atomic E-state index is 12.6. The second kappa shape index (κ2) is 7.75. The van der Waals surface area contributed by atoms with Gasteiger partial charge in [-0.05, 0) is 54.0 Å². The number of allylic oxidation sites excluding steroid dienone is 4. The Balaban J connectivity index is 1.50. The molecule has 0 saturated carbocycles. The highest BCUT2D eigenvalue weighted by molar-refractivity contribution is 5.98. The van der Waals surface area contributed by atoms with Crippen LogP contribution in [0.1, 0.15) is 28.0 Å². The van der Waals surface area contributed by atoms with Crippen molar-refractivity contribution in [2.45, 2.75) is 13.0 Å². The van der Waals surface area contributed by atoms with Crippen LogP contribution < -0.4 is 5.32 Å². The third kappa shape index (κ3) is 3.51. The predicted octanol–water partition coefficient (Wildman–Crippen LogP) is 4.56. The molecule has 0 fully saturated rings. The summed E-state index contributed by atoms with van der Waals surface area (Å²) < 4.78 is 5.59. The van der Waals surface area contributed by atoms with Gasteiger partial charge in [-0.3, -0.25) is 9.78 Å². The number of carbonyl (C=O) groups excluding carboxylic acids is 1. The number of amides is 1. The van der Waals surface area contributed by atoms with Gasteiger partial charge in [0.1, 0.15) is 11.4 Å². The van der Waals surface area contributed by atoms with Crippen LogP contribution in [0.25, 0.3) is 28.1 Å². The lowest BCUT2D eigenvalue weighted by atomic mass is 10.1. The van der Waals surface area contributed by atoms with Crippen molar-refractivity contribution in [1.29, 1.82) is 0 Å². The van der Waals surface area contributed by atoms with Crippen LogP contribution in [0.15, 0.2) is 83.8 Å². The van der Waals surface area contributed by atoms with Crippen LogP contribution >= 0.6 is 0 Å². The maximum absolute atomic E-state index is 12.6. The molecule has 0 bridgehead atoms. The average molecular weight is 394 g/mol. The number of nitrogens with zero attached hydrogens (tertiary/aromatic N) is 3. The number of hydrogen-bond acceptors (Lipinski definition) is 5. The molecule has 1 amide bonds. The van der Waals surface area contributed by atoms with E-state index in [0.717, 1.165) is 28.8 Å². The third-order valence-corrected chi connectivity index (χ3v) is 4.90. The molecule has 3 aromatic heterocycles. The van der Waals surface area contributed by atoms with Crippen LogP contribution in [0.4, 0.5) is 0 Å². The smallest absolute Gasteiger partial charge is 0.251 e. The third-order valence-electron chi connectivity index (χ3n) is 4.90. The summed E-state index contributed by atoms with van der Waals surface area (Å²) in [7, 11) is 0. The van der Waals surface area contributed by atoms with Crippen molar-refractivity contribution in [2.75, 3.05) is 0 Å². The molecule has 0 spiro atoms. The molecule has 1 aromatic carbocycles. The summed E-state index contributed by atoms with van der Waals surface area (Å²) in [5, 5.41) is 2.91. The number of pyridine rings is 1. The molecule has 5 rings (SSSR count). The van der Waals surface area contributed by atoms with Crippen LogP contribution in [0.3, 0.4) is 0 Å². The standard InChI is InChI=1S/C24H18N4O2/c29-24(26-15-16-5-3-11-25-14-16)18-9-10-19-20(13-18)28-23(21-8-4-12-30-21)22(27-19)17-6-1-2-7-17/h1,3-14H,2,15H2,(H,26,29). The minimum Gasteiger partial charge on any atom is -0.463 e. The van der Waals surface area contributed by atoms with Crippen molar-refractivity contribution in [1.82, 2.24) is 20.3 Å². The van der Waals surface area contributed by atoms with E-state index < -0.39 is 0 Å². The normalized spacial score (nSPS) is 12.9. The number of hydrogen-bond donors (Lipinski definition) is 1. The van der Waals surface area contributed by atoms with E-state index in [1.54, 1.807) is 30.8 Å².